The molecule has 9 heteroatoms. The van der Waals surface area contributed by atoms with Gasteiger partial charge in [-0.1, -0.05) is 30.0 Å². The van der Waals surface area contributed by atoms with E-state index in [1.807, 2.05) is 29.2 Å². The van der Waals surface area contributed by atoms with Crippen LogP contribution in [0.1, 0.15) is 11.1 Å². The molecule has 1 aliphatic heterocycles. The number of benzene rings is 1. The number of hydrogen-bond donors (Lipinski definition) is 3. The van der Waals surface area contributed by atoms with E-state index < -0.39 is 5.97 Å². The zero-order valence-electron chi connectivity index (χ0n) is 14.7. The fraction of sp³-hybridized carbons (Fsp3) is 0.158. The molecule has 0 unspecified atom stereocenters. The van der Waals surface area contributed by atoms with Crippen molar-refractivity contribution in [3.05, 3.63) is 41.5 Å². The van der Waals surface area contributed by atoms with Crippen molar-refractivity contribution in [3.63, 3.8) is 0 Å². The van der Waals surface area contributed by atoms with Gasteiger partial charge in [0.2, 0.25) is 0 Å². The lowest BCUT2D eigenvalue weighted by molar-refractivity contribution is -0.133. The molecule has 0 amide bonds. The Hall–Kier alpha value is -3.51. The number of aromatic nitrogens is 2. The topological polar surface area (TPSA) is 142 Å². The second-order valence-electron chi connectivity index (χ2n) is 6.29. The predicted molar refractivity (Wildman–Crippen MR) is 109 cm³/mol. The number of para-hydroxylation sites is 1. The average Bonchev–Trinajstić information content (AvgIpc) is 3.09. The number of nitrogen functional groups attached to an aromatic ring is 2. The Morgan fingerprint density at radius 3 is 2.79 bits per heavy atom. The molecule has 140 valence electrons. The molecule has 3 aromatic rings. The summed E-state index contributed by atoms with van der Waals surface area (Å²) < 4.78 is 0. The summed E-state index contributed by atoms with van der Waals surface area (Å²) in [6, 6.07) is 11.8. The largest absolute Gasteiger partial charge is 0.481 e. The second kappa shape index (κ2) is 6.90. The minimum absolute atomic E-state index is 0.125. The summed E-state index contributed by atoms with van der Waals surface area (Å²) in [5.41, 5.74) is 14.7. The summed E-state index contributed by atoms with van der Waals surface area (Å²) in [6.07, 6.45) is 0.846. The lowest BCUT2D eigenvalue weighted by Gasteiger charge is -2.21. The SMILES string of the molecule is N#Cc1c(N2CCc3ccccc32)nc(N)c2c(N)nc(SCC(=O)O)cc12. The molecule has 0 bridgehead atoms. The third kappa shape index (κ3) is 2.93. The highest BCUT2D eigenvalue weighted by molar-refractivity contribution is 7.99. The normalized spacial score (nSPS) is 12.8. The highest BCUT2D eigenvalue weighted by atomic mass is 32.2. The molecule has 2 aromatic heterocycles. The van der Waals surface area contributed by atoms with Gasteiger partial charge in [-0.15, -0.1) is 0 Å². The van der Waals surface area contributed by atoms with Crippen LogP contribution in [0.15, 0.2) is 35.4 Å². The number of pyridine rings is 2. The van der Waals surface area contributed by atoms with Gasteiger partial charge in [0.25, 0.3) is 0 Å². The molecule has 0 radical (unpaired) electrons. The first kappa shape index (κ1) is 17.9. The van der Waals surface area contributed by atoms with Crippen LogP contribution in [-0.2, 0) is 11.2 Å². The molecular weight excluding hydrogens is 376 g/mol. The first-order valence-corrected chi connectivity index (χ1v) is 9.48. The lowest BCUT2D eigenvalue weighted by Crippen LogP contribution is -2.17. The monoisotopic (exact) mass is 392 g/mol. The summed E-state index contributed by atoms with van der Waals surface area (Å²) in [5, 5.41) is 20.2. The first-order valence-electron chi connectivity index (χ1n) is 8.49. The van der Waals surface area contributed by atoms with Crippen LogP contribution in [0.3, 0.4) is 0 Å². The third-order valence-corrected chi connectivity index (χ3v) is 5.49. The summed E-state index contributed by atoms with van der Waals surface area (Å²) >= 11 is 1.03. The number of carboxylic acids is 1. The molecule has 3 heterocycles. The van der Waals surface area contributed by atoms with E-state index in [-0.39, 0.29) is 17.4 Å². The van der Waals surface area contributed by atoms with Gasteiger partial charge in [0.1, 0.15) is 23.3 Å². The molecule has 0 atom stereocenters. The number of fused-ring (bicyclic) bond motifs is 2. The zero-order valence-corrected chi connectivity index (χ0v) is 15.5. The Morgan fingerprint density at radius 1 is 1.29 bits per heavy atom. The van der Waals surface area contributed by atoms with Crippen LogP contribution in [0.25, 0.3) is 10.8 Å². The minimum atomic E-state index is -0.963. The maximum atomic E-state index is 10.9. The molecule has 5 N–H and O–H groups in total. The Bertz CT molecular complexity index is 1160. The summed E-state index contributed by atoms with van der Waals surface area (Å²) in [5.74, 6) is -0.340. The number of nitrogens with zero attached hydrogens (tertiary/aromatic N) is 4. The number of nitrogens with two attached hydrogens (primary N) is 2. The Balaban J connectivity index is 1.92. The number of hydrogen-bond acceptors (Lipinski definition) is 8. The third-order valence-electron chi connectivity index (χ3n) is 4.60. The number of carbonyl (C=O) groups is 1. The molecule has 28 heavy (non-hydrogen) atoms. The van der Waals surface area contributed by atoms with Crippen LogP contribution in [0, 0.1) is 11.3 Å². The number of nitriles is 1. The van der Waals surface area contributed by atoms with Gasteiger partial charge < -0.3 is 21.5 Å². The van der Waals surface area contributed by atoms with Crippen molar-refractivity contribution in [1.82, 2.24) is 9.97 Å². The standard InChI is InChI=1S/C19H16N6O2S/c20-8-12-11-7-14(28-9-15(26)27)23-17(21)16(11)18(22)24-19(12)25-6-5-10-3-1-2-4-13(10)25/h1-4,7H,5-6,9H2,(H2,21,23)(H2,22,24)(H,26,27). The predicted octanol–water partition coefficient (Wildman–Crippen LogP) is 2.54. The average molecular weight is 392 g/mol. The molecular formula is C19H16N6O2S. The molecule has 0 saturated heterocycles. The van der Waals surface area contributed by atoms with Gasteiger partial charge in [-0.05, 0) is 24.1 Å². The van der Waals surface area contributed by atoms with E-state index in [2.05, 4.69) is 16.0 Å². The van der Waals surface area contributed by atoms with Gasteiger partial charge in [-0.3, -0.25) is 4.79 Å². The first-order chi connectivity index (χ1) is 13.5. The van der Waals surface area contributed by atoms with E-state index in [4.69, 9.17) is 16.6 Å². The number of aliphatic carboxylic acids is 1. The van der Waals surface area contributed by atoms with E-state index in [1.165, 1.54) is 5.56 Å². The number of carboxylic acid groups (broad SMARTS) is 1. The number of rotatable bonds is 4. The van der Waals surface area contributed by atoms with Crippen molar-refractivity contribution in [1.29, 1.82) is 5.26 Å². The Kier molecular flexibility index (Phi) is 4.41. The Labute approximate surface area is 164 Å². The van der Waals surface area contributed by atoms with Crippen molar-refractivity contribution in [3.8, 4) is 6.07 Å². The Morgan fingerprint density at radius 2 is 2.04 bits per heavy atom. The second-order valence-corrected chi connectivity index (χ2v) is 7.28. The molecule has 4 rings (SSSR count). The molecule has 0 fully saturated rings. The molecule has 0 aliphatic carbocycles. The van der Waals surface area contributed by atoms with Crippen molar-refractivity contribution in [2.45, 2.75) is 11.4 Å². The number of anilines is 4. The van der Waals surface area contributed by atoms with Crippen LogP contribution >= 0.6 is 11.8 Å². The highest BCUT2D eigenvalue weighted by Gasteiger charge is 2.26. The fourth-order valence-electron chi connectivity index (χ4n) is 3.43. The van der Waals surface area contributed by atoms with E-state index in [0.29, 0.717) is 33.7 Å². The molecule has 0 spiro atoms. The molecule has 0 saturated carbocycles. The summed E-state index contributed by atoms with van der Waals surface area (Å²) in [4.78, 5) is 21.5. The summed E-state index contributed by atoms with van der Waals surface area (Å²) in [7, 11) is 0. The van der Waals surface area contributed by atoms with Gasteiger partial charge in [0, 0.05) is 17.6 Å². The lowest BCUT2D eigenvalue weighted by atomic mass is 10.1. The minimum Gasteiger partial charge on any atom is -0.481 e. The van der Waals surface area contributed by atoms with E-state index in [0.717, 1.165) is 23.9 Å². The maximum Gasteiger partial charge on any atom is 0.313 e. The van der Waals surface area contributed by atoms with Crippen LogP contribution in [0.5, 0.6) is 0 Å². The van der Waals surface area contributed by atoms with E-state index in [9.17, 15) is 10.1 Å². The molecule has 1 aromatic carbocycles. The molecule has 8 nitrogen and oxygen atoms in total. The molecule has 1 aliphatic rings. The van der Waals surface area contributed by atoms with Crippen LogP contribution in [0.4, 0.5) is 23.1 Å². The van der Waals surface area contributed by atoms with Crippen LogP contribution in [0.2, 0.25) is 0 Å². The van der Waals surface area contributed by atoms with Gasteiger partial charge >= 0.3 is 5.97 Å². The van der Waals surface area contributed by atoms with Crippen molar-refractivity contribution in [2.75, 3.05) is 28.7 Å². The maximum absolute atomic E-state index is 10.9. The van der Waals surface area contributed by atoms with Crippen molar-refractivity contribution < 1.29 is 9.90 Å². The van der Waals surface area contributed by atoms with E-state index in [1.54, 1.807) is 6.07 Å². The van der Waals surface area contributed by atoms with E-state index >= 15 is 0 Å². The van der Waals surface area contributed by atoms with Crippen molar-refractivity contribution >= 4 is 51.6 Å². The van der Waals surface area contributed by atoms with Crippen LogP contribution < -0.4 is 16.4 Å². The highest BCUT2D eigenvalue weighted by Crippen LogP contribution is 2.40. The van der Waals surface area contributed by atoms with Gasteiger partial charge in [0.15, 0.2) is 5.82 Å². The van der Waals surface area contributed by atoms with Gasteiger partial charge in [-0.2, -0.15) is 5.26 Å². The smallest absolute Gasteiger partial charge is 0.313 e. The quantitative estimate of drug-likeness (QED) is 0.571. The summed E-state index contributed by atoms with van der Waals surface area (Å²) in [6.45, 7) is 0.688. The van der Waals surface area contributed by atoms with Crippen molar-refractivity contribution in [2.24, 2.45) is 0 Å². The van der Waals surface area contributed by atoms with Gasteiger partial charge in [0.05, 0.1) is 16.2 Å². The van der Waals surface area contributed by atoms with Gasteiger partial charge in [-0.25, -0.2) is 9.97 Å². The fourth-order valence-corrected chi connectivity index (χ4v) is 4.06. The number of thioether (sulfide) groups is 1. The zero-order chi connectivity index (χ0) is 19.8. The van der Waals surface area contributed by atoms with Crippen LogP contribution in [-0.4, -0.2) is 33.3 Å².